The highest BCUT2D eigenvalue weighted by molar-refractivity contribution is 6.21. The van der Waals surface area contributed by atoms with Crippen LogP contribution in [0, 0.1) is 0 Å². The molecule has 18 heavy (non-hydrogen) atoms. The van der Waals surface area contributed by atoms with Gasteiger partial charge in [-0.05, 0) is 25.0 Å². The van der Waals surface area contributed by atoms with E-state index in [9.17, 15) is 9.90 Å². The molecule has 1 saturated carbocycles. The lowest BCUT2D eigenvalue weighted by atomic mass is 9.94. The van der Waals surface area contributed by atoms with Crippen LogP contribution < -0.4 is 5.32 Å². The number of rotatable bonds is 2. The van der Waals surface area contributed by atoms with Crippen LogP contribution in [0.2, 0.25) is 0 Å². The van der Waals surface area contributed by atoms with Crippen molar-refractivity contribution in [2.45, 2.75) is 37.1 Å². The van der Waals surface area contributed by atoms with Gasteiger partial charge in [-0.25, -0.2) is 0 Å². The highest BCUT2D eigenvalue weighted by Crippen LogP contribution is 2.25. The van der Waals surface area contributed by atoms with Gasteiger partial charge in [0.1, 0.15) is 11.5 Å². The van der Waals surface area contributed by atoms with Gasteiger partial charge >= 0.3 is 0 Å². The van der Waals surface area contributed by atoms with Crippen LogP contribution in [0.3, 0.4) is 0 Å². The van der Waals surface area contributed by atoms with E-state index in [0.717, 1.165) is 31.7 Å². The number of carbonyl (C=O) groups is 1. The Kier molecular flexibility index (Phi) is 3.97. The second kappa shape index (κ2) is 5.48. The molecule has 5 heteroatoms. The molecule has 0 aliphatic heterocycles. The number of hydrogen-bond acceptors (Lipinski definition) is 3. The van der Waals surface area contributed by atoms with Crippen LogP contribution in [0.25, 0.3) is 0 Å². The number of nitrogens with one attached hydrogen (secondary N) is 1. The zero-order valence-corrected chi connectivity index (χ0v) is 10.7. The molecule has 1 aromatic rings. The fourth-order valence-electron chi connectivity index (χ4n) is 2.21. The number of carbonyl (C=O) groups excluding carboxylic acids is 1. The third-order valence-electron chi connectivity index (χ3n) is 3.22. The van der Waals surface area contributed by atoms with Crippen molar-refractivity contribution in [3.63, 3.8) is 0 Å². The Morgan fingerprint density at radius 1 is 1.28 bits per heavy atom. The summed E-state index contributed by atoms with van der Waals surface area (Å²) in [5, 5.41) is 21.6. The van der Waals surface area contributed by atoms with Crippen molar-refractivity contribution in [2.75, 3.05) is 0 Å². The summed E-state index contributed by atoms with van der Waals surface area (Å²) in [6, 6.07) is 3.86. The summed E-state index contributed by atoms with van der Waals surface area (Å²) in [7, 11) is 0. The van der Waals surface area contributed by atoms with Gasteiger partial charge in [0.05, 0.1) is 10.9 Å². The fourth-order valence-corrected chi connectivity index (χ4v) is 2.55. The molecule has 0 saturated heterocycles. The van der Waals surface area contributed by atoms with E-state index in [1.807, 2.05) is 0 Å². The molecule has 1 fully saturated rings. The van der Waals surface area contributed by atoms with Crippen LogP contribution in [-0.4, -0.2) is 27.5 Å². The quantitative estimate of drug-likeness (QED) is 0.722. The first-order chi connectivity index (χ1) is 8.58. The lowest BCUT2D eigenvalue weighted by Crippen LogP contribution is -2.42. The molecule has 2 unspecified atom stereocenters. The molecular formula is C13H16ClNO3. The summed E-state index contributed by atoms with van der Waals surface area (Å²) in [4.78, 5) is 12.0. The van der Waals surface area contributed by atoms with Crippen LogP contribution in [0.1, 0.15) is 36.0 Å². The maximum absolute atomic E-state index is 12.0. The third-order valence-corrected chi connectivity index (χ3v) is 3.75. The van der Waals surface area contributed by atoms with E-state index in [1.54, 1.807) is 0 Å². The number of phenolic OH excluding ortho intramolecular Hbond substituents is 2. The Morgan fingerprint density at radius 2 is 2.00 bits per heavy atom. The van der Waals surface area contributed by atoms with E-state index in [2.05, 4.69) is 5.32 Å². The largest absolute Gasteiger partial charge is 0.508 e. The van der Waals surface area contributed by atoms with Gasteiger partial charge < -0.3 is 15.5 Å². The number of phenols is 2. The van der Waals surface area contributed by atoms with Crippen molar-refractivity contribution in [3.8, 4) is 11.5 Å². The van der Waals surface area contributed by atoms with Crippen LogP contribution in [0.4, 0.5) is 0 Å². The van der Waals surface area contributed by atoms with Crippen LogP contribution in [0.15, 0.2) is 18.2 Å². The third kappa shape index (κ3) is 2.88. The van der Waals surface area contributed by atoms with Crippen LogP contribution >= 0.6 is 11.6 Å². The number of hydrogen-bond donors (Lipinski definition) is 3. The lowest BCUT2D eigenvalue weighted by molar-refractivity contribution is 0.0926. The van der Waals surface area contributed by atoms with Gasteiger partial charge in [0.25, 0.3) is 5.91 Å². The summed E-state index contributed by atoms with van der Waals surface area (Å²) < 4.78 is 0. The summed E-state index contributed by atoms with van der Waals surface area (Å²) in [5.74, 6) is -0.656. The average Bonchev–Trinajstić information content (AvgIpc) is 2.32. The first-order valence-electron chi connectivity index (χ1n) is 6.05. The molecule has 98 valence electrons. The maximum atomic E-state index is 12.0. The molecule has 0 heterocycles. The molecule has 2 rings (SSSR count). The van der Waals surface area contributed by atoms with Gasteiger partial charge in [0, 0.05) is 12.1 Å². The van der Waals surface area contributed by atoms with E-state index in [-0.39, 0.29) is 34.4 Å². The normalized spacial score (nSPS) is 23.6. The van der Waals surface area contributed by atoms with Gasteiger partial charge in [0.2, 0.25) is 0 Å². The number of amides is 1. The minimum absolute atomic E-state index is 0.0537. The predicted molar refractivity (Wildman–Crippen MR) is 69.1 cm³/mol. The molecule has 0 radical (unpaired) electrons. The predicted octanol–water partition coefficient (Wildman–Crippen LogP) is 2.38. The monoisotopic (exact) mass is 269 g/mol. The molecule has 1 aromatic carbocycles. The van der Waals surface area contributed by atoms with Crippen LogP contribution in [0.5, 0.6) is 11.5 Å². The number of aromatic hydroxyl groups is 2. The van der Waals surface area contributed by atoms with E-state index < -0.39 is 0 Å². The van der Waals surface area contributed by atoms with Crippen molar-refractivity contribution in [1.82, 2.24) is 5.32 Å². The highest BCUT2D eigenvalue weighted by Gasteiger charge is 2.25. The first kappa shape index (κ1) is 13.0. The Hall–Kier alpha value is -1.42. The number of benzene rings is 1. The summed E-state index contributed by atoms with van der Waals surface area (Å²) in [6.07, 6.45) is 3.90. The average molecular weight is 270 g/mol. The lowest BCUT2D eigenvalue weighted by Gasteiger charge is -2.27. The zero-order valence-electron chi connectivity index (χ0n) is 9.90. The van der Waals surface area contributed by atoms with E-state index in [0.29, 0.717) is 0 Å². The molecule has 0 bridgehead atoms. The summed E-state index contributed by atoms with van der Waals surface area (Å²) in [5.41, 5.74) is 0.155. The second-order valence-electron chi connectivity index (χ2n) is 4.58. The molecule has 0 aromatic heterocycles. The zero-order chi connectivity index (χ0) is 13.1. The van der Waals surface area contributed by atoms with E-state index in [4.69, 9.17) is 16.7 Å². The summed E-state index contributed by atoms with van der Waals surface area (Å²) >= 11 is 6.16. The highest BCUT2D eigenvalue weighted by atomic mass is 35.5. The Labute approximate surface area is 111 Å². The van der Waals surface area contributed by atoms with Gasteiger partial charge in [-0.1, -0.05) is 12.8 Å². The molecule has 1 aliphatic rings. The minimum Gasteiger partial charge on any atom is -0.508 e. The molecule has 1 amide bonds. The molecular weight excluding hydrogens is 254 g/mol. The molecule has 4 nitrogen and oxygen atoms in total. The van der Waals surface area contributed by atoms with Crippen LogP contribution in [-0.2, 0) is 0 Å². The topological polar surface area (TPSA) is 69.6 Å². The Bertz CT molecular complexity index is 450. The molecule has 0 spiro atoms. The van der Waals surface area contributed by atoms with Gasteiger partial charge in [0.15, 0.2) is 0 Å². The Balaban J connectivity index is 2.07. The molecule has 3 N–H and O–H groups in total. The molecule has 1 aliphatic carbocycles. The van der Waals surface area contributed by atoms with Crippen molar-refractivity contribution in [2.24, 2.45) is 0 Å². The minimum atomic E-state index is -0.356. The number of alkyl halides is 1. The number of halogens is 1. The van der Waals surface area contributed by atoms with Gasteiger partial charge in [-0.2, -0.15) is 0 Å². The van der Waals surface area contributed by atoms with Crippen molar-refractivity contribution in [1.29, 1.82) is 0 Å². The standard InChI is InChI=1S/C13H16ClNO3/c14-10-3-1-2-4-11(10)15-13(18)9-6-5-8(16)7-12(9)17/h5-7,10-11,16-17H,1-4H2,(H,15,18). The van der Waals surface area contributed by atoms with Crippen molar-refractivity contribution < 1.29 is 15.0 Å². The molecule has 2 atom stereocenters. The smallest absolute Gasteiger partial charge is 0.255 e. The first-order valence-corrected chi connectivity index (χ1v) is 6.48. The summed E-state index contributed by atoms with van der Waals surface area (Å²) in [6.45, 7) is 0. The Morgan fingerprint density at radius 3 is 2.67 bits per heavy atom. The fraction of sp³-hybridized carbons (Fsp3) is 0.462. The second-order valence-corrected chi connectivity index (χ2v) is 5.14. The van der Waals surface area contributed by atoms with Crippen molar-refractivity contribution >= 4 is 17.5 Å². The van der Waals surface area contributed by atoms with Gasteiger partial charge in [-0.3, -0.25) is 4.79 Å². The SMILES string of the molecule is O=C(NC1CCCCC1Cl)c1ccc(O)cc1O. The van der Waals surface area contributed by atoms with Gasteiger partial charge in [-0.15, -0.1) is 11.6 Å². The van der Waals surface area contributed by atoms with E-state index >= 15 is 0 Å². The van der Waals surface area contributed by atoms with Crippen molar-refractivity contribution in [3.05, 3.63) is 23.8 Å². The maximum Gasteiger partial charge on any atom is 0.255 e. The van der Waals surface area contributed by atoms with E-state index in [1.165, 1.54) is 12.1 Å².